The third-order valence-corrected chi connectivity index (χ3v) is 3.82. The Balaban J connectivity index is 1.78. The molecule has 110 valence electrons. The van der Waals surface area contributed by atoms with Gasteiger partial charge in [0.1, 0.15) is 5.75 Å². The number of benzene rings is 1. The number of hydrogen-bond acceptors (Lipinski definition) is 3. The molecule has 3 nitrogen and oxygen atoms in total. The van der Waals surface area contributed by atoms with E-state index in [1.807, 2.05) is 13.0 Å². The van der Waals surface area contributed by atoms with Crippen LogP contribution in [0, 0.1) is 6.92 Å². The van der Waals surface area contributed by atoms with Gasteiger partial charge in [-0.15, -0.1) is 0 Å². The number of rotatable bonds is 5. The fourth-order valence-corrected chi connectivity index (χ4v) is 2.40. The van der Waals surface area contributed by atoms with E-state index in [4.69, 9.17) is 27.9 Å². The van der Waals surface area contributed by atoms with Gasteiger partial charge in [-0.25, -0.2) is 4.98 Å². The van der Waals surface area contributed by atoms with Crippen molar-refractivity contribution in [1.29, 1.82) is 0 Å². The maximum Gasteiger partial charge on any atom is 0.219 e. The summed E-state index contributed by atoms with van der Waals surface area (Å²) in [6.45, 7) is 2.78. The third-order valence-electron chi connectivity index (χ3n) is 3.27. The Kier molecular flexibility index (Phi) is 4.34. The first-order chi connectivity index (χ1) is 10.1. The van der Waals surface area contributed by atoms with Crippen molar-refractivity contribution in [2.24, 2.45) is 0 Å². The highest BCUT2D eigenvalue weighted by atomic mass is 35.5. The van der Waals surface area contributed by atoms with Gasteiger partial charge in [0, 0.05) is 35.4 Å². The quantitative estimate of drug-likeness (QED) is 0.863. The Hall–Kier alpha value is -1.29. The number of pyridine rings is 1. The molecule has 1 N–H and O–H groups in total. The molecule has 5 heteroatoms. The predicted molar refractivity (Wildman–Crippen MR) is 85.4 cm³/mol. The largest absolute Gasteiger partial charge is 0.437 e. The van der Waals surface area contributed by atoms with E-state index in [0.717, 1.165) is 17.8 Å². The number of halogens is 2. The monoisotopic (exact) mass is 322 g/mol. The summed E-state index contributed by atoms with van der Waals surface area (Å²) < 4.78 is 5.78. The van der Waals surface area contributed by atoms with Gasteiger partial charge in [0.2, 0.25) is 5.88 Å². The Morgan fingerprint density at radius 1 is 1.24 bits per heavy atom. The molecule has 1 aromatic carbocycles. The smallest absolute Gasteiger partial charge is 0.219 e. The van der Waals surface area contributed by atoms with E-state index in [0.29, 0.717) is 27.7 Å². The van der Waals surface area contributed by atoms with Crippen LogP contribution >= 0.6 is 23.2 Å². The van der Waals surface area contributed by atoms with Crippen LogP contribution in [0.3, 0.4) is 0 Å². The van der Waals surface area contributed by atoms with Crippen molar-refractivity contribution in [3.05, 3.63) is 51.6 Å². The van der Waals surface area contributed by atoms with Crippen LogP contribution in [0.1, 0.15) is 24.1 Å². The molecule has 1 saturated carbocycles. The molecule has 3 rings (SSSR count). The maximum absolute atomic E-state index is 6.11. The molecule has 0 amide bonds. The molecule has 1 heterocycles. The van der Waals surface area contributed by atoms with Crippen LogP contribution < -0.4 is 10.1 Å². The maximum atomic E-state index is 6.11. The Labute approximate surface area is 134 Å². The van der Waals surface area contributed by atoms with Crippen LogP contribution in [0.25, 0.3) is 0 Å². The third kappa shape index (κ3) is 4.10. The normalized spacial score (nSPS) is 14.2. The van der Waals surface area contributed by atoms with E-state index in [1.54, 1.807) is 18.2 Å². The van der Waals surface area contributed by atoms with Crippen molar-refractivity contribution >= 4 is 23.2 Å². The molecule has 21 heavy (non-hydrogen) atoms. The minimum absolute atomic E-state index is 0.514. The van der Waals surface area contributed by atoms with Crippen LogP contribution in [0.5, 0.6) is 11.6 Å². The second-order valence-electron chi connectivity index (χ2n) is 5.29. The molecule has 0 bridgehead atoms. The number of aromatic nitrogens is 1. The highest BCUT2D eigenvalue weighted by molar-refractivity contribution is 6.34. The van der Waals surface area contributed by atoms with Crippen molar-refractivity contribution < 1.29 is 4.74 Å². The summed E-state index contributed by atoms with van der Waals surface area (Å²) in [5.74, 6) is 1.05. The standard InChI is InChI=1S/C16H16Cl2N2O/c1-10-6-11(9-19-13-3-4-13)7-16(20-10)21-15-8-12(17)2-5-14(15)18/h2,5-8,13,19H,3-4,9H2,1H3. The molecule has 2 aromatic rings. The van der Waals surface area contributed by atoms with Gasteiger partial charge in [0.05, 0.1) is 5.02 Å². The van der Waals surface area contributed by atoms with Gasteiger partial charge < -0.3 is 10.1 Å². The SMILES string of the molecule is Cc1cc(CNC2CC2)cc(Oc2cc(Cl)ccc2Cl)n1. The summed E-state index contributed by atoms with van der Waals surface area (Å²) in [7, 11) is 0. The summed E-state index contributed by atoms with van der Waals surface area (Å²) in [6.07, 6.45) is 2.54. The molecule has 1 aromatic heterocycles. The van der Waals surface area contributed by atoms with Crippen LogP contribution in [-0.4, -0.2) is 11.0 Å². The summed E-state index contributed by atoms with van der Waals surface area (Å²) in [4.78, 5) is 4.39. The number of nitrogens with zero attached hydrogens (tertiary/aromatic N) is 1. The lowest BCUT2D eigenvalue weighted by molar-refractivity contribution is 0.460. The summed E-state index contributed by atoms with van der Waals surface area (Å²) in [6, 6.07) is 9.79. The zero-order valence-corrected chi connectivity index (χ0v) is 13.2. The molecule has 1 aliphatic carbocycles. The predicted octanol–water partition coefficient (Wildman–Crippen LogP) is 4.74. The van der Waals surface area contributed by atoms with Gasteiger partial charge in [-0.2, -0.15) is 0 Å². The Morgan fingerprint density at radius 3 is 2.81 bits per heavy atom. The van der Waals surface area contributed by atoms with E-state index in [-0.39, 0.29) is 0 Å². The average molecular weight is 323 g/mol. The second-order valence-corrected chi connectivity index (χ2v) is 6.13. The van der Waals surface area contributed by atoms with Gasteiger partial charge in [0.15, 0.2) is 0 Å². The molecular formula is C16H16Cl2N2O. The van der Waals surface area contributed by atoms with Crippen LogP contribution in [-0.2, 0) is 6.54 Å². The van der Waals surface area contributed by atoms with E-state index in [2.05, 4.69) is 16.4 Å². The first-order valence-electron chi connectivity index (χ1n) is 6.94. The van der Waals surface area contributed by atoms with E-state index < -0.39 is 0 Å². The lowest BCUT2D eigenvalue weighted by Crippen LogP contribution is -2.15. The fraction of sp³-hybridized carbons (Fsp3) is 0.312. The van der Waals surface area contributed by atoms with Crippen LogP contribution in [0.2, 0.25) is 10.0 Å². The number of hydrogen-bond donors (Lipinski definition) is 1. The van der Waals surface area contributed by atoms with Crippen molar-refractivity contribution in [2.45, 2.75) is 32.4 Å². The van der Waals surface area contributed by atoms with Gasteiger partial charge in [-0.1, -0.05) is 23.2 Å². The molecule has 0 aliphatic heterocycles. The van der Waals surface area contributed by atoms with Crippen molar-refractivity contribution in [3.8, 4) is 11.6 Å². The number of ether oxygens (including phenoxy) is 1. The summed E-state index contributed by atoms with van der Waals surface area (Å²) >= 11 is 12.1. The Bertz CT molecular complexity index is 657. The molecule has 1 aliphatic rings. The highest BCUT2D eigenvalue weighted by Gasteiger charge is 2.20. The molecule has 0 unspecified atom stereocenters. The van der Waals surface area contributed by atoms with Crippen LogP contribution in [0.4, 0.5) is 0 Å². The minimum atomic E-state index is 0.514. The van der Waals surface area contributed by atoms with Gasteiger partial charge >= 0.3 is 0 Å². The molecule has 0 spiro atoms. The lowest BCUT2D eigenvalue weighted by Gasteiger charge is -2.10. The first kappa shape index (κ1) is 14.6. The van der Waals surface area contributed by atoms with Gasteiger partial charge in [0.25, 0.3) is 0 Å². The van der Waals surface area contributed by atoms with Crippen molar-refractivity contribution in [3.63, 3.8) is 0 Å². The molecule has 0 atom stereocenters. The summed E-state index contributed by atoms with van der Waals surface area (Å²) in [5, 5.41) is 4.58. The molecule has 0 saturated heterocycles. The van der Waals surface area contributed by atoms with E-state index >= 15 is 0 Å². The topological polar surface area (TPSA) is 34.1 Å². The Morgan fingerprint density at radius 2 is 2.05 bits per heavy atom. The van der Waals surface area contributed by atoms with Gasteiger partial charge in [-0.05, 0) is 43.5 Å². The molecule has 1 fully saturated rings. The zero-order valence-electron chi connectivity index (χ0n) is 11.7. The number of aryl methyl sites for hydroxylation is 1. The first-order valence-corrected chi connectivity index (χ1v) is 7.69. The number of nitrogens with one attached hydrogen (secondary N) is 1. The molecular weight excluding hydrogens is 307 g/mol. The summed E-state index contributed by atoms with van der Waals surface area (Å²) in [5.41, 5.74) is 2.07. The van der Waals surface area contributed by atoms with E-state index in [1.165, 1.54) is 12.8 Å². The van der Waals surface area contributed by atoms with Crippen LogP contribution in [0.15, 0.2) is 30.3 Å². The molecule has 0 radical (unpaired) electrons. The van der Waals surface area contributed by atoms with Crippen molar-refractivity contribution in [1.82, 2.24) is 10.3 Å². The zero-order chi connectivity index (χ0) is 14.8. The highest BCUT2D eigenvalue weighted by Crippen LogP contribution is 2.31. The van der Waals surface area contributed by atoms with Gasteiger partial charge in [-0.3, -0.25) is 0 Å². The van der Waals surface area contributed by atoms with E-state index in [9.17, 15) is 0 Å². The second kappa shape index (κ2) is 6.22. The average Bonchev–Trinajstić information content (AvgIpc) is 3.24. The lowest BCUT2D eigenvalue weighted by atomic mass is 10.2. The van der Waals surface area contributed by atoms with Crippen molar-refractivity contribution in [2.75, 3.05) is 0 Å². The fourth-order valence-electron chi connectivity index (χ4n) is 2.08. The minimum Gasteiger partial charge on any atom is -0.437 e.